The van der Waals surface area contributed by atoms with Crippen molar-refractivity contribution in [3.05, 3.63) is 0 Å². The van der Waals surface area contributed by atoms with Crippen molar-refractivity contribution in [2.24, 2.45) is 17.6 Å². The Morgan fingerprint density at radius 3 is 2.45 bits per heavy atom. The van der Waals surface area contributed by atoms with Crippen LogP contribution in [0.1, 0.15) is 52.4 Å². The third-order valence-electron chi connectivity index (χ3n) is 6.97. The topological polar surface area (TPSA) is 103 Å². The minimum atomic E-state index is 0.180. The average molecular weight is 415 g/mol. The maximum atomic E-state index is 9.54. The SMILES string of the molecule is CC1CCC(N)CC1NCCOCCN(CCO)C1CC(NCCO)CCC1C. The largest absolute Gasteiger partial charge is 0.395 e. The fourth-order valence-corrected chi connectivity index (χ4v) is 5.07. The summed E-state index contributed by atoms with van der Waals surface area (Å²) in [5.41, 5.74) is 6.11. The predicted molar refractivity (Wildman–Crippen MR) is 118 cm³/mol. The van der Waals surface area contributed by atoms with Gasteiger partial charge in [-0.15, -0.1) is 0 Å². The van der Waals surface area contributed by atoms with Gasteiger partial charge in [0.1, 0.15) is 0 Å². The van der Waals surface area contributed by atoms with E-state index in [4.69, 9.17) is 15.6 Å². The van der Waals surface area contributed by atoms with Crippen LogP contribution in [0, 0.1) is 11.8 Å². The number of aliphatic hydroxyl groups excluding tert-OH is 2. The molecule has 29 heavy (non-hydrogen) atoms. The smallest absolute Gasteiger partial charge is 0.0594 e. The van der Waals surface area contributed by atoms with Crippen LogP contribution in [-0.4, -0.2) is 91.9 Å². The van der Waals surface area contributed by atoms with Crippen molar-refractivity contribution in [3.8, 4) is 0 Å². The molecule has 0 aromatic rings. The third-order valence-corrected chi connectivity index (χ3v) is 6.97. The lowest BCUT2D eigenvalue weighted by Crippen LogP contribution is -2.50. The molecule has 0 heterocycles. The van der Waals surface area contributed by atoms with Crippen LogP contribution in [0.2, 0.25) is 0 Å². The van der Waals surface area contributed by atoms with Crippen molar-refractivity contribution in [3.63, 3.8) is 0 Å². The molecule has 7 nitrogen and oxygen atoms in total. The molecule has 0 aromatic heterocycles. The van der Waals surface area contributed by atoms with E-state index in [1.54, 1.807) is 0 Å². The van der Waals surface area contributed by atoms with Gasteiger partial charge in [-0.05, 0) is 50.4 Å². The lowest BCUT2D eigenvalue weighted by atomic mass is 9.82. The second kappa shape index (κ2) is 13.9. The first-order chi connectivity index (χ1) is 14.0. The highest BCUT2D eigenvalue weighted by Gasteiger charge is 2.31. The maximum absolute atomic E-state index is 9.54. The summed E-state index contributed by atoms with van der Waals surface area (Å²) in [4.78, 5) is 2.40. The van der Waals surface area contributed by atoms with E-state index in [2.05, 4.69) is 29.4 Å². The Balaban J connectivity index is 1.67. The first-order valence-electron chi connectivity index (χ1n) is 11.8. The van der Waals surface area contributed by atoms with Gasteiger partial charge in [-0.25, -0.2) is 0 Å². The molecule has 0 spiro atoms. The van der Waals surface area contributed by atoms with Gasteiger partial charge in [-0.2, -0.15) is 0 Å². The summed E-state index contributed by atoms with van der Waals surface area (Å²) in [6.45, 7) is 9.48. The van der Waals surface area contributed by atoms with Crippen LogP contribution in [0.4, 0.5) is 0 Å². The van der Waals surface area contributed by atoms with E-state index >= 15 is 0 Å². The van der Waals surface area contributed by atoms with Gasteiger partial charge in [0.25, 0.3) is 0 Å². The molecule has 6 atom stereocenters. The average Bonchev–Trinajstić information content (AvgIpc) is 2.71. The summed E-state index contributed by atoms with van der Waals surface area (Å²) in [5.74, 6) is 1.31. The van der Waals surface area contributed by atoms with Crippen LogP contribution in [0.15, 0.2) is 0 Å². The standard InChI is InChI=1S/C22H46N4O3/c1-17-3-5-19(23)15-21(17)25-8-13-29-14-10-26(9-12-28)22-16-20(24-7-11-27)6-4-18(22)2/h17-22,24-25,27-28H,3-16,23H2,1-2H3. The van der Waals surface area contributed by atoms with Crippen LogP contribution in [-0.2, 0) is 4.74 Å². The van der Waals surface area contributed by atoms with E-state index in [-0.39, 0.29) is 13.2 Å². The van der Waals surface area contributed by atoms with Crippen LogP contribution < -0.4 is 16.4 Å². The highest BCUT2D eigenvalue weighted by molar-refractivity contribution is 4.88. The van der Waals surface area contributed by atoms with Gasteiger partial charge in [0.15, 0.2) is 0 Å². The second-order valence-corrected chi connectivity index (χ2v) is 9.22. The Kier molecular flexibility index (Phi) is 12.0. The Morgan fingerprint density at radius 1 is 0.897 bits per heavy atom. The van der Waals surface area contributed by atoms with Gasteiger partial charge in [0.05, 0.1) is 26.4 Å². The number of rotatable bonds is 13. The van der Waals surface area contributed by atoms with Crippen molar-refractivity contribution in [1.82, 2.24) is 15.5 Å². The van der Waals surface area contributed by atoms with E-state index < -0.39 is 0 Å². The summed E-state index contributed by atoms with van der Waals surface area (Å²) in [7, 11) is 0. The molecule has 0 aromatic carbocycles. The molecule has 2 aliphatic carbocycles. The minimum Gasteiger partial charge on any atom is -0.395 e. The zero-order chi connectivity index (χ0) is 21.1. The molecule has 2 fully saturated rings. The Hall–Kier alpha value is -0.280. The van der Waals surface area contributed by atoms with E-state index in [0.29, 0.717) is 62.3 Å². The van der Waals surface area contributed by atoms with Crippen molar-refractivity contribution < 1.29 is 14.9 Å². The number of nitrogens with one attached hydrogen (secondary N) is 2. The fourth-order valence-electron chi connectivity index (χ4n) is 5.07. The van der Waals surface area contributed by atoms with E-state index in [1.807, 2.05) is 0 Å². The predicted octanol–water partition coefficient (Wildman–Crippen LogP) is 0.542. The number of hydrogen-bond acceptors (Lipinski definition) is 7. The quantitative estimate of drug-likeness (QED) is 0.280. The molecule has 6 unspecified atom stereocenters. The summed E-state index contributed by atoms with van der Waals surface area (Å²) < 4.78 is 5.92. The molecule has 0 bridgehead atoms. The monoisotopic (exact) mass is 414 g/mol. The van der Waals surface area contributed by atoms with E-state index in [9.17, 15) is 5.11 Å². The molecule has 6 N–H and O–H groups in total. The van der Waals surface area contributed by atoms with Crippen molar-refractivity contribution in [2.45, 2.75) is 76.5 Å². The van der Waals surface area contributed by atoms with E-state index in [1.165, 1.54) is 12.8 Å². The van der Waals surface area contributed by atoms with Gasteiger partial charge in [0.2, 0.25) is 0 Å². The Morgan fingerprint density at radius 2 is 1.69 bits per heavy atom. The Bertz CT molecular complexity index is 427. The molecule has 7 heteroatoms. The molecule has 2 saturated carbocycles. The number of aliphatic hydroxyl groups is 2. The normalized spacial score (nSPS) is 33.3. The molecule has 2 rings (SSSR count). The maximum Gasteiger partial charge on any atom is 0.0594 e. The molecule has 0 amide bonds. The summed E-state index contributed by atoms with van der Waals surface area (Å²) in [6.07, 6.45) is 6.84. The molecule has 0 saturated heterocycles. The van der Waals surface area contributed by atoms with Crippen LogP contribution in [0.5, 0.6) is 0 Å². The Labute approximate surface area is 177 Å². The zero-order valence-corrected chi connectivity index (χ0v) is 18.7. The van der Waals surface area contributed by atoms with Gasteiger partial charge >= 0.3 is 0 Å². The summed E-state index contributed by atoms with van der Waals surface area (Å²) >= 11 is 0. The second-order valence-electron chi connectivity index (χ2n) is 9.22. The van der Waals surface area contributed by atoms with Crippen LogP contribution in [0.25, 0.3) is 0 Å². The molecule has 2 aliphatic rings. The summed E-state index contributed by atoms with van der Waals surface area (Å²) in [6, 6.07) is 1.77. The summed E-state index contributed by atoms with van der Waals surface area (Å²) in [5, 5.41) is 25.7. The molecule has 0 aliphatic heterocycles. The fraction of sp³-hybridized carbons (Fsp3) is 1.00. The number of hydrogen-bond donors (Lipinski definition) is 5. The number of nitrogens with two attached hydrogens (primary N) is 1. The van der Waals surface area contributed by atoms with E-state index in [0.717, 1.165) is 38.8 Å². The first kappa shape index (κ1) is 25.0. The van der Waals surface area contributed by atoms with Crippen molar-refractivity contribution >= 4 is 0 Å². The minimum absolute atomic E-state index is 0.180. The number of nitrogens with zero attached hydrogens (tertiary/aromatic N) is 1. The van der Waals surface area contributed by atoms with Crippen molar-refractivity contribution in [1.29, 1.82) is 0 Å². The van der Waals surface area contributed by atoms with Gasteiger partial charge in [-0.1, -0.05) is 13.8 Å². The van der Waals surface area contributed by atoms with Crippen molar-refractivity contribution in [2.75, 3.05) is 52.6 Å². The third kappa shape index (κ3) is 8.77. The molecular weight excluding hydrogens is 368 g/mol. The highest BCUT2D eigenvalue weighted by Crippen LogP contribution is 2.28. The zero-order valence-electron chi connectivity index (χ0n) is 18.7. The highest BCUT2D eigenvalue weighted by atomic mass is 16.5. The number of ether oxygens (including phenoxy) is 1. The van der Waals surface area contributed by atoms with Crippen LogP contribution >= 0.6 is 0 Å². The van der Waals surface area contributed by atoms with Gasteiger partial charge in [0, 0.05) is 50.3 Å². The van der Waals surface area contributed by atoms with Crippen LogP contribution in [0.3, 0.4) is 0 Å². The first-order valence-corrected chi connectivity index (χ1v) is 11.8. The molecule has 172 valence electrons. The van der Waals surface area contributed by atoms with Gasteiger partial charge < -0.3 is 31.3 Å². The molecule has 0 radical (unpaired) electrons. The lowest BCUT2D eigenvalue weighted by molar-refractivity contribution is 0.0409. The van der Waals surface area contributed by atoms with Gasteiger partial charge in [-0.3, -0.25) is 4.90 Å². The molecular formula is C22H46N4O3. The lowest BCUT2D eigenvalue weighted by Gasteiger charge is -2.41.